The van der Waals surface area contributed by atoms with E-state index in [-0.39, 0.29) is 29.7 Å². The second kappa shape index (κ2) is 6.55. The third-order valence-electron chi connectivity index (χ3n) is 5.68. The molecule has 138 valence electrons. The maximum atomic E-state index is 11.8. The fourth-order valence-electron chi connectivity index (χ4n) is 4.11. The molecule has 1 saturated carbocycles. The number of hydrogen-bond acceptors (Lipinski definition) is 5. The number of imidazole rings is 1. The third-order valence-corrected chi connectivity index (χ3v) is 5.96. The van der Waals surface area contributed by atoms with Crippen LogP contribution in [0.4, 0.5) is 5.69 Å². The maximum absolute atomic E-state index is 11.8. The summed E-state index contributed by atoms with van der Waals surface area (Å²) in [6, 6.07) is -0.0448. The summed E-state index contributed by atoms with van der Waals surface area (Å²) in [7, 11) is 1.93. The molecule has 2 aromatic heterocycles. The zero-order valence-electron chi connectivity index (χ0n) is 14.8. The van der Waals surface area contributed by atoms with Crippen LogP contribution in [0.5, 0.6) is 0 Å². The van der Waals surface area contributed by atoms with Crippen molar-refractivity contribution in [2.75, 3.05) is 18.9 Å². The Bertz CT molecular complexity index is 878. The van der Waals surface area contributed by atoms with E-state index in [0.717, 1.165) is 30.0 Å². The highest BCUT2D eigenvalue weighted by atomic mass is 35.5. The largest absolute Gasteiger partial charge is 0.378 e. The lowest BCUT2D eigenvalue weighted by Crippen LogP contribution is -2.61. The predicted octanol–water partition coefficient (Wildman–Crippen LogP) is 2.02. The van der Waals surface area contributed by atoms with Crippen molar-refractivity contribution in [2.24, 2.45) is 23.5 Å². The Kier molecular flexibility index (Phi) is 4.36. The average molecular weight is 375 g/mol. The number of allylic oxidation sites excluding steroid dienone is 1. The van der Waals surface area contributed by atoms with E-state index in [2.05, 4.69) is 44.7 Å². The lowest BCUT2D eigenvalue weighted by molar-refractivity contribution is -0.129. The number of amides is 1. The highest BCUT2D eigenvalue weighted by Gasteiger charge is 2.54. The summed E-state index contributed by atoms with van der Waals surface area (Å²) in [4.78, 5) is 24.2. The van der Waals surface area contributed by atoms with Crippen LogP contribution in [-0.4, -0.2) is 40.5 Å². The number of nitrogens with one attached hydrogen (secondary N) is 3. The molecular weight excluding hydrogens is 352 g/mol. The number of aromatic amines is 1. The van der Waals surface area contributed by atoms with Crippen molar-refractivity contribution in [3.05, 3.63) is 29.2 Å². The summed E-state index contributed by atoms with van der Waals surface area (Å²) in [6.07, 6.45) is 6.73. The quantitative estimate of drug-likeness (QED) is 0.554. The van der Waals surface area contributed by atoms with E-state index in [1.807, 2.05) is 7.05 Å². The number of likely N-dealkylation sites (N-methyl/N-ethyl adjacent to an activating group) is 1. The summed E-state index contributed by atoms with van der Waals surface area (Å²) in [6.45, 7) is 2.96. The van der Waals surface area contributed by atoms with Gasteiger partial charge in [0, 0.05) is 24.4 Å². The van der Waals surface area contributed by atoms with Crippen LogP contribution >= 0.6 is 11.6 Å². The summed E-state index contributed by atoms with van der Waals surface area (Å²) < 4.78 is 0. The molecule has 26 heavy (non-hydrogen) atoms. The SMILES string of the molecule is CCC(CNC)c1nc2ncc(Cl)c(N[C@@H]3[C@H]4C=CC4[C@@H]3C(N)=O)c2[nH]1. The Balaban J connectivity index is 1.68. The zero-order chi connectivity index (χ0) is 18.4. The van der Waals surface area contributed by atoms with Crippen molar-refractivity contribution < 1.29 is 4.79 Å². The van der Waals surface area contributed by atoms with Crippen molar-refractivity contribution in [2.45, 2.75) is 25.3 Å². The minimum Gasteiger partial charge on any atom is -0.378 e. The molecule has 0 aliphatic heterocycles. The molecule has 1 amide bonds. The van der Waals surface area contributed by atoms with E-state index in [0.29, 0.717) is 16.6 Å². The Morgan fingerprint density at radius 1 is 1.42 bits per heavy atom. The molecule has 8 heteroatoms. The van der Waals surface area contributed by atoms with E-state index < -0.39 is 0 Å². The minimum atomic E-state index is -0.278. The minimum absolute atomic E-state index is 0.0448. The van der Waals surface area contributed by atoms with Gasteiger partial charge in [-0.15, -0.1) is 0 Å². The van der Waals surface area contributed by atoms with Gasteiger partial charge in [0.05, 0.1) is 22.8 Å². The molecule has 5 N–H and O–H groups in total. The third kappa shape index (κ3) is 2.57. The number of halogens is 1. The Hall–Kier alpha value is -2.12. The van der Waals surface area contributed by atoms with E-state index >= 15 is 0 Å². The molecule has 2 unspecified atom stereocenters. The fourth-order valence-corrected chi connectivity index (χ4v) is 4.30. The first kappa shape index (κ1) is 17.3. The summed E-state index contributed by atoms with van der Waals surface area (Å²) in [5, 5.41) is 7.14. The standard InChI is InChI=1S/C18H23ClN6O/c1-3-8(6-21-2)17-24-15-14(11(19)7-22-18(15)25-17)23-13-10-5-4-9(10)12(13)16(20)26/h4-5,7-10,12-13,21H,3,6H2,1-2H3,(H2,20,26)(H2,22,23,24,25)/t8?,9?,10-,12-,13+/m0/s1. The molecule has 4 rings (SSSR count). The van der Waals surface area contributed by atoms with Gasteiger partial charge in [-0.2, -0.15) is 0 Å². The highest BCUT2D eigenvalue weighted by Crippen LogP contribution is 2.50. The topological polar surface area (TPSA) is 109 Å². The van der Waals surface area contributed by atoms with Crippen LogP contribution in [0.25, 0.3) is 11.2 Å². The van der Waals surface area contributed by atoms with Crippen LogP contribution in [0.3, 0.4) is 0 Å². The predicted molar refractivity (Wildman–Crippen MR) is 102 cm³/mol. The van der Waals surface area contributed by atoms with Gasteiger partial charge in [0.15, 0.2) is 5.65 Å². The Labute approximate surface area is 156 Å². The van der Waals surface area contributed by atoms with E-state index in [1.165, 1.54) is 0 Å². The van der Waals surface area contributed by atoms with Gasteiger partial charge in [-0.05, 0) is 19.4 Å². The number of aromatic nitrogens is 3. The van der Waals surface area contributed by atoms with Crippen LogP contribution in [0.1, 0.15) is 25.1 Å². The summed E-state index contributed by atoms with van der Waals surface area (Å²) in [5.41, 5.74) is 7.73. The fraction of sp³-hybridized carbons (Fsp3) is 0.500. The Morgan fingerprint density at radius 2 is 2.19 bits per heavy atom. The van der Waals surface area contributed by atoms with Crippen LogP contribution < -0.4 is 16.4 Å². The molecule has 0 radical (unpaired) electrons. The molecule has 0 spiro atoms. The lowest BCUT2D eigenvalue weighted by atomic mass is 9.54. The molecule has 2 aromatic rings. The smallest absolute Gasteiger partial charge is 0.223 e. The van der Waals surface area contributed by atoms with Gasteiger partial charge in [-0.25, -0.2) is 9.97 Å². The highest BCUT2D eigenvalue weighted by molar-refractivity contribution is 6.34. The lowest BCUT2D eigenvalue weighted by Gasteiger charge is -2.53. The number of nitrogens with two attached hydrogens (primary N) is 1. The summed E-state index contributed by atoms with van der Waals surface area (Å²) in [5.74, 6) is 1.23. The first-order valence-corrected chi connectivity index (χ1v) is 9.35. The first-order chi connectivity index (χ1) is 12.5. The molecule has 7 nitrogen and oxygen atoms in total. The van der Waals surface area contributed by atoms with E-state index in [4.69, 9.17) is 17.3 Å². The number of rotatable bonds is 7. The van der Waals surface area contributed by atoms with Gasteiger partial charge < -0.3 is 21.4 Å². The molecule has 0 aromatic carbocycles. The molecule has 2 heterocycles. The van der Waals surface area contributed by atoms with Gasteiger partial charge in [-0.1, -0.05) is 30.7 Å². The van der Waals surface area contributed by atoms with Crippen molar-refractivity contribution in [3.63, 3.8) is 0 Å². The average Bonchev–Trinajstić information content (AvgIpc) is 3.01. The molecule has 2 aliphatic carbocycles. The number of pyridine rings is 1. The van der Waals surface area contributed by atoms with Gasteiger partial charge in [-0.3, -0.25) is 4.79 Å². The first-order valence-electron chi connectivity index (χ1n) is 8.98. The Morgan fingerprint density at radius 3 is 2.81 bits per heavy atom. The van der Waals surface area contributed by atoms with Crippen LogP contribution in [0.2, 0.25) is 5.02 Å². The second-order valence-electron chi connectivity index (χ2n) is 7.10. The molecule has 5 atom stereocenters. The van der Waals surface area contributed by atoms with Crippen LogP contribution in [0, 0.1) is 17.8 Å². The number of primary amides is 1. The molecule has 1 fully saturated rings. The second-order valence-corrected chi connectivity index (χ2v) is 7.51. The van der Waals surface area contributed by atoms with Crippen molar-refractivity contribution >= 4 is 34.4 Å². The summed E-state index contributed by atoms with van der Waals surface area (Å²) >= 11 is 6.42. The number of nitrogens with zero attached hydrogens (tertiary/aromatic N) is 2. The van der Waals surface area contributed by atoms with Gasteiger partial charge >= 0.3 is 0 Å². The molecular formula is C18H23ClN6O. The number of hydrogen-bond donors (Lipinski definition) is 4. The van der Waals surface area contributed by atoms with Crippen molar-refractivity contribution in [1.29, 1.82) is 0 Å². The number of carbonyl (C=O) groups excluding carboxylic acids is 1. The van der Waals surface area contributed by atoms with Gasteiger partial charge in [0.25, 0.3) is 0 Å². The maximum Gasteiger partial charge on any atom is 0.223 e. The molecule has 0 saturated heterocycles. The number of H-pyrrole nitrogens is 1. The van der Waals surface area contributed by atoms with Crippen molar-refractivity contribution in [3.8, 4) is 0 Å². The number of anilines is 1. The van der Waals surface area contributed by atoms with Crippen LogP contribution in [-0.2, 0) is 4.79 Å². The number of fused-ring (bicyclic) bond motifs is 2. The van der Waals surface area contributed by atoms with Crippen LogP contribution in [0.15, 0.2) is 18.3 Å². The van der Waals surface area contributed by atoms with Crippen molar-refractivity contribution in [1.82, 2.24) is 20.3 Å². The van der Waals surface area contributed by atoms with Gasteiger partial charge in [0.2, 0.25) is 5.91 Å². The van der Waals surface area contributed by atoms with E-state index in [1.54, 1.807) is 6.20 Å². The number of carbonyl (C=O) groups is 1. The normalized spacial score (nSPS) is 27.5. The molecule has 2 aliphatic rings. The monoisotopic (exact) mass is 374 g/mol. The zero-order valence-corrected chi connectivity index (χ0v) is 15.5. The van der Waals surface area contributed by atoms with Gasteiger partial charge in [0.1, 0.15) is 11.3 Å². The molecule has 0 bridgehead atoms. The van der Waals surface area contributed by atoms with E-state index in [9.17, 15) is 4.79 Å².